The van der Waals surface area contributed by atoms with Crippen molar-refractivity contribution in [2.45, 2.75) is 13.8 Å². The number of aliphatic carboxylic acids is 1. The maximum Gasteiger partial charge on any atom is 0.302 e. The van der Waals surface area contributed by atoms with Crippen LogP contribution in [0.3, 0.4) is 0 Å². The highest BCUT2D eigenvalue weighted by Gasteiger charge is 1.99. The average molecular weight is 282 g/mol. The van der Waals surface area contributed by atoms with Gasteiger partial charge in [-0.05, 0) is 23.8 Å². The number of rotatable bonds is 4. The van der Waals surface area contributed by atoms with E-state index in [-0.39, 0.29) is 18.3 Å². The van der Waals surface area contributed by atoms with Crippen molar-refractivity contribution in [2.24, 2.45) is 0 Å². The summed E-state index contributed by atoms with van der Waals surface area (Å²) in [4.78, 5) is 19.5. The second-order valence-corrected chi connectivity index (χ2v) is 3.66. The van der Waals surface area contributed by atoms with Crippen LogP contribution in [0.4, 0.5) is 0 Å². The van der Waals surface area contributed by atoms with Crippen molar-refractivity contribution < 1.29 is 29.3 Å². The van der Waals surface area contributed by atoms with E-state index in [1.807, 2.05) is 0 Å². The van der Waals surface area contributed by atoms with Gasteiger partial charge < -0.3 is 19.7 Å². The molecule has 0 aliphatic heterocycles. The Morgan fingerprint density at radius 1 is 1.30 bits per heavy atom. The Bertz CT molecular complexity index is 475. The molecule has 1 rings (SSSR count). The van der Waals surface area contributed by atoms with Crippen LogP contribution in [0.1, 0.15) is 19.4 Å². The maximum atomic E-state index is 10.5. The molecule has 6 heteroatoms. The summed E-state index contributed by atoms with van der Waals surface area (Å²) < 4.78 is 9.70. The lowest BCUT2D eigenvalue weighted by Gasteiger charge is -2.03. The van der Waals surface area contributed by atoms with Crippen LogP contribution in [-0.2, 0) is 14.3 Å². The first-order chi connectivity index (χ1) is 9.36. The summed E-state index contributed by atoms with van der Waals surface area (Å²) >= 11 is 0. The molecule has 1 aromatic rings. The van der Waals surface area contributed by atoms with Gasteiger partial charge in [-0.1, -0.05) is 12.1 Å². The number of carbonyl (C=O) groups excluding carboxylic acids is 1. The lowest BCUT2D eigenvalue weighted by atomic mass is 10.2. The standard InChI is InChI=1S/C12H14O4.C2H4O2/c1-9(13)16-7-3-4-10-5-6-11(14)12(8-10)15-2;1-2(3)4/h3-6,8,14H,7H2,1-2H3;1H3,(H,3,4). The molecular weight excluding hydrogens is 264 g/mol. The first kappa shape index (κ1) is 17.5. The van der Waals surface area contributed by atoms with Crippen LogP contribution in [0.5, 0.6) is 11.5 Å². The van der Waals surface area contributed by atoms with Crippen molar-refractivity contribution in [3.63, 3.8) is 0 Å². The quantitative estimate of drug-likeness (QED) is 0.821. The van der Waals surface area contributed by atoms with Gasteiger partial charge in [0, 0.05) is 13.8 Å². The number of methoxy groups -OCH3 is 1. The molecule has 110 valence electrons. The highest BCUT2D eigenvalue weighted by Crippen LogP contribution is 2.26. The molecule has 0 aliphatic rings. The fourth-order valence-electron chi connectivity index (χ4n) is 1.15. The molecule has 0 aromatic heterocycles. The highest BCUT2D eigenvalue weighted by molar-refractivity contribution is 5.66. The van der Waals surface area contributed by atoms with E-state index in [2.05, 4.69) is 0 Å². The zero-order valence-corrected chi connectivity index (χ0v) is 11.6. The molecule has 0 aliphatic carbocycles. The lowest BCUT2D eigenvalue weighted by molar-refractivity contribution is -0.139. The third-order valence-corrected chi connectivity index (χ3v) is 1.90. The summed E-state index contributed by atoms with van der Waals surface area (Å²) in [6.45, 7) is 2.68. The molecule has 0 amide bonds. The molecule has 2 N–H and O–H groups in total. The number of hydrogen-bond acceptors (Lipinski definition) is 5. The number of carboxylic acid groups (broad SMARTS) is 1. The SMILES string of the molecule is CC(=O)O.COc1cc(C=CCOC(C)=O)ccc1O. The first-order valence-electron chi connectivity index (χ1n) is 5.73. The third-order valence-electron chi connectivity index (χ3n) is 1.90. The third kappa shape index (κ3) is 8.57. The summed E-state index contributed by atoms with van der Waals surface area (Å²) in [5.41, 5.74) is 0.863. The number of benzene rings is 1. The average Bonchev–Trinajstić information content (AvgIpc) is 2.35. The largest absolute Gasteiger partial charge is 0.504 e. The van der Waals surface area contributed by atoms with Gasteiger partial charge in [-0.15, -0.1) is 0 Å². The number of esters is 1. The fraction of sp³-hybridized carbons (Fsp3) is 0.286. The topological polar surface area (TPSA) is 93.1 Å². The summed E-state index contributed by atoms with van der Waals surface area (Å²) in [5.74, 6) is -0.637. The molecule has 0 heterocycles. The second-order valence-electron chi connectivity index (χ2n) is 3.66. The van der Waals surface area contributed by atoms with Gasteiger partial charge >= 0.3 is 5.97 Å². The van der Waals surface area contributed by atoms with E-state index in [1.165, 1.54) is 14.0 Å². The minimum atomic E-state index is -0.833. The predicted octanol–water partition coefficient (Wildman–Crippen LogP) is 2.07. The highest BCUT2D eigenvalue weighted by atomic mass is 16.5. The summed E-state index contributed by atoms with van der Waals surface area (Å²) in [6, 6.07) is 4.98. The monoisotopic (exact) mass is 282 g/mol. The molecule has 1 aromatic carbocycles. The Hall–Kier alpha value is -2.50. The van der Waals surface area contributed by atoms with Crippen LogP contribution in [0.25, 0.3) is 6.08 Å². The molecule has 0 radical (unpaired) electrons. The van der Waals surface area contributed by atoms with Crippen LogP contribution in [-0.4, -0.2) is 35.9 Å². The van der Waals surface area contributed by atoms with Gasteiger partial charge in [0.2, 0.25) is 0 Å². The van der Waals surface area contributed by atoms with Crippen LogP contribution in [0.15, 0.2) is 24.3 Å². The number of aromatic hydroxyl groups is 1. The van der Waals surface area contributed by atoms with E-state index in [0.29, 0.717) is 5.75 Å². The summed E-state index contributed by atoms with van der Waals surface area (Å²) in [7, 11) is 1.49. The fourth-order valence-corrected chi connectivity index (χ4v) is 1.15. The number of carboxylic acids is 1. The number of phenols is 1. The second kappa shape index (κ2) is 9.43. The van der Waals surface area contributed by atoms with Crippen molar-refractivity contribution in [3.8, 4) is 11.5 Å². The van der Waals surface area contributed by atoms with Crippen LogP contribution in [0, 0.1) is 0 Å². The molecule has 0 saturated carbocycles. The number of ether oxygens (including phenoxy) is 2. The molecule has 0 unspecified atom stereocenters. The van der Waals surface area contributed by atoms with Gasteiger partial charge in [0.05, 0.1) is 7.11 Å². The zero-order valence-electron chi connectivity index (χ0n) is 11.6. The minimum Gasteiger partial charge on any atom is -0.504 e. The van der Waals surface area contributed by atoms with Crippen molar-refractivity contribution in [1.29, 1.82) is 0 Å². The zero-order chi connectivity index (χ0) is 15.5. The van der Waals surface area contributed by atoms with Gasteiger partial charge in [0.25, 0.3) is 5.97 Å². The van der Waals surface area contributed by atoms with Gasteiger partial charge in [-0.25, -0.2) is 0 Å². The molecule has 0 spiro atoms. The van der Waals surface area contributed by atoms with Gasteiger partial charge in [-0.3, -0.25) is 9.59 Å². The van der Waals surface area contributed by atoms with E-state index in [4.69, 9.17) is 19.4 Å². The Balaban J connectivity index is 0.000000796. The van der Waals surface area contributed by atoms with Gasteiger partial charge in [0.1, 0.15) is 6.61 Å². The molecule has 0 saturated heterocycles. The minimum absolute atomic E-state index is 0.0969. The number of carbonyl (C=O) groups is 2. The van der Waals surface area contributed by atoms with Crippen LogP contribution >= 0.6 is 0 Å². The lowest BCUT2D eigenvalue weighted by Crippen LogP contribution is -1.97. The van der Waals surface area contributed by atoms with Crippen molar-refractivity contribution in [1.82, 2.24) is 0 Å². The Kier molecular flexibility index (Phi) is 8.25. The molecular formula is C14H18O6. The van der Waals surface area contributed by atoms with E-state index in [0.717, 1.165) is 12.5 Å². The Labute approximate surface area is 117 Å². The normalized spacial score (nSPS) is 9.55. The van der Waals surface area contributed by atoms with E-state index < -0.39 is 5.97 Å². The predicted molar refractivity (Wildman–Crippen MR) is 73.6 cm³/mol. The van der Waals surface area contributed by atoms with Crippen molar-refractivity contribution >= 4 is 18.0 Å². The molecule has 0 fully saturated rings. The van der Waals surface area contributed by atoms with E-state index in [1.54, 1.807) is 30.4 Å². The maximum absolute atomic E-state index is 10.5. The Morgan fingerprint density at radius 3 is 2.40 bits per heavy atom. The number of phenolic OH excluding ortho intramolecular Hbond substituents is 1. The summed E-state index contributed by atoms with van der Waals surface area (Å²) in [6.07, 6.45) is 3.50. The smallest absolute Gasteiger partial charge is 0.302 e. The molecule has 20 heavy (non-hydrogen) atoms. The number of hydrogen-bond donors (Lipinski definition) is 2. The summed E-state index contributed by atoms with van der Waals surface area (Å²) in [5, 5.41) is 16.8. The van der Waals surface area contributed by atoms with Gasteiger partial charge in [-0.2, -0.15) is 0 Å². The molecule has 6 nitrogen and oxygen atoms in total. The van der Waals surface area contributed by atoms with E-state index in [9.17, 15) is 9.90 Å². The Morgan fingerprint density at radius 2 is 1.90 bits per heavy atom. The van der Waals surface area contributed by atoms with E-state index >= 15 is 0 Å². The first-order valence-corrected chi connectivity index (χ1v) is 5.73. The van der Waals surface area contributed by atoms with Gasteiger partial charge in [0.15, 0.2) is 11.5 Å². The van der Waals surface area contributed by atoms with Crippen molar-refractivity contribution in [2.75, 3.05) is 13.7 Å². The van der Waals surface area contributed by atoms with Crippen molar-refractivity contribution in [3.05, 3.63) is 29.8 Å². The molecule has 0 atom stereocenters. The molecule has 0 bridgehead atoms. The van der Waals surface area contributed by atoms with Crippen LogP contribution in [0.2, 0.25) is 0 Å². The van der Waals surface area contributed by atoms with Crippen LogP contribution < -0.4 is 4.74 Å².